The first-order valence-corrected chi connectivity index (χ1v) is 6.00. The van der Waals surface area contributed by atoms with Crippen LogP contribution in [0, 0.1) is 0 Å². The van der Waals surface area contributed by atoms with Gasteiger partial charge in [-0.05, 0) is 6.42 Å². The molecular weight excluding hydrogens is 344 g/mol. The topological polar surface area (TPSA) is 112 Å². The van der Waals surface area contributed by atoms with Gasteiger partial charge >= 0.3 is 23.9 Å². The Balaban J connectivity index is 0. The first kappa shape index (κ1) is 22.6. The third-order valence-corrected chi connectivity index (χ3v) is 1.60. The summed E-state index contributed by atoms with van der Waals surface area (Å²) in [7, 11) is 0. The Morgan fingerprint density at radius 3 is 1.05 bits per heavy atom. The van der Waals surface area contributed by atoms with Gasteiger partial charge in [-0.15, -0.1) is 0 Å². The molecule has 0 aliphatic heterocycles. The zero-order valence-corrected chi connectivity index (χ0v) is 13.7. The predicted molar refractivity (Wildman–Crippen MR) is 65.1 cm³/mol. The zero-order valence-electron chi connectivity index (χ0n) is 12.6. The summed E-state index contributed by atoms with van der Waals surface area (Å²) in [5.74, 6) is -2.69. The molecule has 22 heavy (non-hydrogen) atoms. The SMILES string of the molecule is CC(=O)ON(CCCN(OC(C)=O)OC(C)=O)OC(C)=O.[Fe]. The minimum Gasteiger partial charge on any atom is -0.333 e. The molecular formula is C11H18FeN2O8. The van der Waals surface area contributed by atoms with Gasteiger partial charge < -0.3 is 19.4 Å². The molecule has 0 aliphatic carbocycles. The maximum atomic E-state index is 10.8. The second-order valence-electron chi connectivity index (χ2n) is 3.80. The van der Waals surface area contributed by atoms with Gasteiger partial charge in [0, 0.05) is 55.2 Å². The molecule has 11 heteroatoms. The number of hydrogen-bond donors (Lipinski definition) is 0. The molecule has 0 saturated heterocycles. The molecule has 0 unspecified atom stereocenters. The Bertz CT molecular complexity index is 336. The Morgan fingerprint density at radius 2 is 0.864 bits per heavy atom. The summed E-state index contributed by atoms with van der Waals surface area (Å²) < 4.78 is 0. The molecule has 0 amide bonds. The van der Waals surface area contributed by atoms with Crippen LogP contribution in [0.15, 0.2) is 0 Å². The maximum absolute atomic E-state index is 10.8. The van der Waals surface area contributed by atoms with Crippen LogP contribution in [0.3, 0.4) is 0 Å². The molecule has 0 saturated carbocycles. The van der Waals surface area contributed by atoms with E-state index in [0.717, 1.165) is 27.7 Å². The maximum Gasteiger partial charge on any atom is 0.326 e. The number of hydroxylamine groups is 4. The fraction of sp³-hybridized carbons (Fsp3) is 0.636. The van der Waals surface area contributed by atoms with E-state index >= 15 is 0 Å². The first-order chi connectivity index (χ1) is 9.70. The van der Waals surface area contributed by atoms with Crippen molar-refractivity contribution in [2.45, 2.75) is 34.1 Å². The largest absolute Gasteiger partial charge is 0.333 e. The number of nitrogens with zero attached hydrogens (tertiary/aromatic N) is 2. The van der Waals surface area contributed by atoms with E-state index < -0.39 is 23.9 Å². The van der Waals surface area contributed by atoms with Crippen molar-refractivity contribution < 1.29 is 55.6 Å². The summed E-state index contributed by atoms with van der Waals surface area (Å²) in [5.41, 5.74) is 0. The van der Waals surface area contributed by atoms with Gasteiger partial charge in [0.05, 0.1) is 13.1 Å². The fourth-order valence-corrected chi connectivity index (χ4v) is 1.12. The predicted octanol–water partition coefficient (Wildman–Crippen LogP) is -0.110. The zero-order chi connectivity index (χ0) is 16.4. The van der Waals surface area contributed by atoms with Crippen LogP contribution in [0.2, 0.25) is 0 Å². The summed E-state index contributed by atoms with van der Waals surface area (Å²) in [5, 5.41) is 1.37. The molecule has 128 valence electrons. The normalized spacial score (nSPS) is 9.73. The number of rotatable bonds is 8. The summed E-state index contributed by atoms with van der Waals surface area (Å²) in [6.45, 7) is 4.53. The van der Waals surface area contributed by atoms with E-state index in [1.54, 1.807) is 0 Å². The van der Waals surface area contributed by atoms with Crippen molar-refractivity contribution in [2.75, 3.05) is 13.1 Å². The third kappa shape index (κ3) is 13.3. The molecule has 0 aromatic carbocycles. The van der Waals surface area contributed by atoms with Crippen molar-refractivity contribution in [1.29, 1.82) is 0 Å². The van der Waals surface area contributed by atoms with Crippen molar-refractivity contribution in [3.8, 4) is 0 Å². The second kappa shape index (κ2) is 11.9. The Kier molecular flexibility index (Phi) is 12.2. The van der Waals surface area contributed by atoms with E-state index in [9.17, 15) is 19.2 Å². The van der Waals surface area contributed by atoms with Crippen LogP contribution in [0.25, 0.3) is 0 Å². The summed E-state index contributed by atoms with van der Waals surface area (Å²) in [6, 6.07) is 0. The van der Waals surface area contributed by atoms with Crippen LogP contribution in [-0.2, 0) is 55.6 Å². The van der Waals surface area contributed by atoms with E-state index in [1.165, 1.54) is 0 Å². The average Bonchev–Trinajstić information content (AvgIpc) is 2.24. The third-order valence-electron chi connectivity index (χ3n) is 1.60. The van der Waals surface area contributed by atoms with Gasteiger partial charge in [-0.3, -0.25) is 19.2 Å². The molecule has 0 aromatic rings. The van der Waals surface area contributed by atoms with Gasteiger partial charge in [0.15, 0.2) is 0 Å². The fourth-order valence-electron chi connectivity index (χ4n) is 1.12. The summed E-state index contributed by atoms with van der Waals surface area (Å²) in [6.07, 6.45) is 0.196. The van der Waals surface area contributed by atoms with Gasteiger partial charge in [-0.2, -0.15) is 0 Å². The Morgan fingerprint density at radius 1 is 0.636 bits per heavy atom. The minimum absolute atomic E-state index is 0. The average molecular weight is 362 g/mol. The summed E-state index contributed by atoms with van der Waals surface area (Å²) in [4.78, 5) is 61.8. The van der Waals surface area contributed by atoms with Crippen molar-refractivity contribution in [1.82, 2.24) is 10.5 Å². The Labute approximate surface area is 137 Å². The smallest absolute Gasteiger partial charge is 0.326 e. The van der Waals surface area contributed by atoms with E-state index in [-0.39, 0.29) is 36.6 Å². The molecule has 0 heterocycles. The van der Waals surface area contributed by atoms with Gasteiger partial charge in [-0.25, -0.2) is 0 Å². The molecule has 0 bridgehead atoms. The van der Waals surface area contributed by atoms with Gasteiger partial charge in [0.2, 0.25) is 0 Å². The minimum atomic E-state index is -0.673. The Hall–Kier alpha value is -1.68. The molecule has 0 aromatic heterocycles. The van der Waals surface area contributed by atoms with Gasteiger partial charge in [0.1, 0.15) is 0 Å². The van der Waals surface area contributed by atoms with Crippen LogP contribution >= 0.6 is 0 Å². The molecule has 0 radical (unpaired) electrons. The molecule has 0 rings (SSSR count). The molecule has 10 nitrogen and oxygen atoms in total. The molecule has 0 atom stereocenters. The monoisotopic (exact) mass is 362 g/mol. The van der Waals surface area contributed by atoms with Crippen molar-refractivity contribution in [2.24, 2.45) is 0 Å². The van der Waals surface area contributed by atoms with E-state index in [2.05, 4.69) is 19.4 Å². The quantitative estimate of drug-likeness (QED) is 0.428. The standard InChI is InChI=1S/C11H18N2O8.Fe/c1-8(14)18-12(19-9(2)15)6-5-7-13(20-10(3)16)21-11(4)17;/h5-7H2,1-4H3;. The van der Waals surface area contributed by atoms with Crippen LogP contribution in [0.4, 0.5) is 0 Å². The van der Waals surface area contributed by atoms with E-state index in [1.807, 2.05) is 0 Å². The van der Waals surface area contributed by atoms with Crippen LogP contribution < -0.4 is 0 Å². The van der Waals surface area contributed by atoms with Crippen molar-refractivity contribution in [3.63, 3.8) is 0 Å². The molecule has 0 fully saturated rings. The number of carbonyl (C=O) groups is 4. The van der Waals surface area contributed by atoms with Crippen molar-refractivity contribution in [3.05, 3.63) is 0 Å². The van der Waals surface area contributed by atoms with Crippen molar-refractivity contribution >= 4 is 23.9 Å². The number of hydrogen-bond acceptors (Lipinski definition) is 10. The molecule has 0 aliphatic rings. The van der Waals surface area contributed by atoms with Gasteiger partial charge in [0.25, 0.3) is 0 Å². The van der Waals surface area contributed by atoms with Crippen LogP contribution in [0.5, 0.6) is 0 Å². The van der Waals surface area contributed by atoms with Gasteiger partial charge in [-0.1, -0.05) is 0 Å². The summed E-state index contributed by atoms with van der Waals surface area (Å²) >= 11 is 0. The number of carbonyl (C=O) groups excluding carboxylic acids is 4. The second-order valence-corrected chi connectivity index (χ2v) is 3.80. The van der Waals surface area contributed by atoms with Crippen LogP contribution in [0.1, 0.15) is 34.1 Å². The van der Waals surface area contributed by atoms with E-state index in [4.69, 9.17) is 0 Å². The van der Waals surface area contributed by atoms with Crippen LogP contribution in [-0.4, -0.2) is 47.4 Å². The molecule has 0 spiro atoms. The molecule has 0 N–H and O–H groups in total. The first-order valence-electron chi connectivity index (χ1n) is 6.00. The van der Waals surface area contributed by atoms with E-state index in [0.29, 0.717) is 10.5 Å².